The van der Waals surface area contributed by atoms with Gasteiger partial charge in [-0.2, -0.15) is 9.90 Å². The molecule has 1 aliphatic heterocycles. The highest BCUT2D eigenvalue weighted by Crippen LogP contribution is 2.29. The number of para-hydroxylation sites is 1. The molecule has 1 amide bonds. The molecule has 3 aromatic rings. The van der Waals surface area contributed by atoms with Crippen molar-refractivity contribution in [2.75, 3.05) is 18.1 Å². The van der Waals surface area contributed by atoms with Gasteiger partial charge in [0.15, 0.2) is 5.69 Å². The van der Waals surface area contributed by atoms with Gasteiger partial charge in [-0.15, -0.1) is 5.10 Å². The summed E-state index contributed by atoms with van der Waals surface area (Å²) in [6.07, 6.45) is 3.11. The predicted octanol–water partition coefficient (Wildman–Crippen LogP) is 1.70. The highest BCUT2D eigenvalue weighted by atomic mass is 16.5. The number of benzene rings is 1. The summed E-state index contributed by atoms with van der Waals surface area (Å²) in [5, 5.41) is 8.45. The maximum Gasteiger partial charge on any atom is 0.280 e. The van der Waals surface area contributed by atoms with E-state index in [0.29, 0.717) is 24.7 Å². The normalized spacial score (nSPS) is 13.3. The molecule has 0 unspecified atom stereocenters. The lowest BCUT2D eigenvalue weighted by Gasteiger charge is -2.27. The summed E-state index contributed by atoms with van der Waals surface area (Å²) in [6, 6.07) is 13.0. The molecule has 3 heterocycles. The Morgan fingerprint density at radius 2 is 2.00 bits per heavy atom. The van der Waals surface area contributed by atoms with Crippen LogP contribution in [0.25, 0.3) is 5.69 Å². The van der Waals surface area contributed by atoms with Crippen LogP contribution in [0, 0.1) is 0 Å². The van der Waals surface area contributed by atoms with Gasteiger partial charge in [-0.3, -0.25) is 9.69 Å². The van der Waals surface area contributed by atoms with Crippen LogP contribution in [0.2, 0.25) is 0 Å². The van der Waals surface area contributed by atoms with Gasteiger partial charge in [0.2, 0.25) is 5.88 Å². The molecule has 0 spiro atoms. The SMILES string of the molecule is O=C(c1cnn(-c2ccccc2)n1)N1CCOc2ncccc21. The van der Waals surface area contributed by atoms with E-state index in [1.54, 1.807) is 23.2 Å². The fraction of sp³-hybridized carbons (Fsp3) is 0.125. The molecule has 23 heavy (non-hydrogen) atoms. The van der Waals surface area contributed by atoms with Crippen molar-refractivity contribution >= 4 is 11.6 Å². The number of amides is 1. The summed E-state index contributed by atoms with van der Waals surface area (Å²) < 4.78 is 5.47. The molecule has 1 aromatic carbocycles. The lowest BCUT2D eigenvalue weighted by atomic mass is 10.3. The third-order valence-electron chi connectivity index (χ3n) is 3.54. The Kier molecular flexibility index (Phi) is 3.23. The highest BCUT2D eigenvalue weighted by Gasteiger charge is 2.27. The van der Waals surface area contributed by atoms with Gasteiger partial charge in [0.1, 0.15) is 12.3 Å². The van der Waals surface area contributed by atoms with E-state index >= 15 is 0 Å². The number of nitrogens with zero attached hydrogens (tertiary/aromatic N) is 5. The van der Waals surface area contributed by atoms with E-state index in [1.807, 2.05) is 30.3 Å². The molecule has 2 aromatic heterocycles. The zero-order valence-corrected chi connectivity index (χ0v) is 12.2. The summed E-state index contributed by atoms with van der Waals surface area (Å²) in [7, 11) is 0. The molecule has 1 aliphatic rings. The average molecular weight is 307 g/mol. The molecule has 0 radical (unpaired) electrons. The minimum atomic E-state index is -0.218. The topological polar surface area (TPSA) is 73.1 Å². The van der Waals surface area contributed by atoms with Gasteiger partial charge in [-0.25, -0.2) is 4.98 Å². The van der Waals surface area contributed by atoms with Gasteiger partial charge in [-0.05, 0) is 24.3 Å². The number of hydrogen-bond donors (Lipinski definition) is 0. The number of hydrogen-bond acceptors (Lipinski definition) is 5. The predicted molar refractivity (Wildman–Crippen MR) is 82.8 cm³/mol. The van der Waals surface area contributed by atoms with E-state index in [2.05, 4.69) is 15.2 Å². The quantitative estimate of drug-likeness (QED) is 0.720. The van der Waals surface area contributed by atoms with Crippen LogP contribution in [0.1, 0.15) is 10.5 Å². The second-order valence-corrected chi connectivity index (χ2v) is 4.99. The van der Waals surface area contributed by atoms with E-state index in [4.69, 9.17) is 4.74 Å². The molecular weight excluding hydrogens is 294 g/mol. The summed E-state index contributed by atoms with van der Waals surface area (Å²) in [6.45, 7) is 0.859. The molecule has 0 fully saturated rings. The molecule has 0 N–H and O–H groups in total. The maximum atomic E-state index is 12.7. The molecule has 0 aliphatic carbocycles. The van der Waals surface area contributed by atoms with Crippen LogP contribution < -0.4 is 9.64 Å². The molecule has 7 nitrogen and oxygen atoms in total. The van der Waals surface area contributed by atoms with Gasteiger partial charge < -0.3 is 4.74 Å². The minimum absolute atomic E-state index is 0.218. The Bertz CT molecular complexity index is 846. The van der Waals surface area contributed by atoms with E-state index in [-0.39, 0.29) is 11.6 Å². The molecular formula is C16H13N5O2. The molecule has 4 rings (SSSR count). The standard InChI is InChI=1S/C16H13N5O2/c22-16(20-9-10-23-15-14(20)7-4-8-17-15)13-11-18-21(19-13)12-5-2-1-3-6-12/h1-8,11H,9-10H2. The molecule has 0 saturated carbocycles. The Hall–Kier alpha value is -3.22. The van der Waals surface area contributed by atoms with Gasteiger partial charge in [0.25, 0.3) is 5.91 Å². The Labute approximate surface area is 132 Å². The Balaban J connectivity index is 1.65. The van der Waals surface area contributed by atoms with Crippen molar-refractivity contribution in [1.82, 2.24) is 20.0 Å². The number of pyridine rings is 1. The van der Waals surface area contributed by atoms with Gasteiger partial charge in [0.05, 0.1) is 18.4 Å². The van der Waals surface area contributed by atoms with Crippen LogP contribution in [-0.4, -0.2) is 39.0 Å². The number of ether oxygens (including phenoxy) is 1. The summed E-state index contributed by atoms with van der Waals surface area (Å²) in [5.74, 6) is 0.243. The fourth-order valence-corrected chi connectivity index (χ4v) is 2.45. The van der Waals surface area contributed by atoms with Crippen molar-refractivity contribution in [2.45, 2.75) is 0 Å². The first-order valence-corrected chi connectivity index (χ1v) is 7.20. The van der Waals surface area contributed by atoms with Crippen LogP contribution in [0.3, 0.4) is 0 Å². The van der Waals surface area contributed by atoms with Crippen LogP contribution >= 0.6 is 0 Å². The molecule has 0 saturated heterocycles. The van der Waals surface area contributed by atoms with E-state index in [0.717, 1.165) is 5.69 Å². The maximum absolute atomic E-state index is 12.7. The minimum Gasteiger partial charge on any atom is -0.474 e. The fourth-order valence-electron chi connectivity index (χ4n) is 2.45. The Morgan fingerprint density at radius 1 is 1.13 bits per heavy atom. The lowest BCUT2D eigenvalue weighted by molar-refractivity contribution is 0.0970. The van der Waals surface area contributed by atoms with E-state index < -0.39 is 0 Å². The first-order chi connectivity index (χ1) is 11.3. The van der Waals surface area contributed by atoms with E-state index in [1.165, 1.54) is 11.0 Å². The number of carbonyl (C=O) groups is 1. The second kappa shape index (κ2) is 5.53. The van der Waals surface area contributed by atoms with Crippen molar-refractivity contribution in [3.8, 4) is 11.6 Å². The number of anilines is 1. The van der Waals surface area contributed by atoms with Crippen LogP contribution in [-0.2, 0) is 0 Å². The van der Waals surface area contributed by atoms with Crippen molar-refractivity contribution in [3.05, 3.63) is 60.6 Å². The van der Waals surface area contributed by atoms with Crippen molar-refractivity contribution < 1.29 is 9.53 Å². The smallest absolute Gasteiger partial charge is 0.280 e. The van der Waals surface area contributed by atoms with E-state index in [9.17, 15) is 4.79 Å². The van der Waals surface area contributed by atoms with Crippen LogP contribution in [0.4, 0.5) is 5.69 Å². The molecule has 0 atom stereocenters. The average Bonchev–Trinajstić information content (AvgIpc) is 3.11. The van der Waals surface area contributed by atoms with Gasteiger partial charge >= 0.3 is 0 Å². The van der Waals surface area contributed by atoms with Crippen LogP contribution in [0.5, 0.6) is 5.88 Å². The Morgan fingerprint density at radius 3 is 2.87 bits per heavy atom. The van der Waals surface area contributed by atoms with Crippen molar-refractivity contribution in [1.29, 1.82) is 0 Å². The monoisotopic (exact) mass is 307 g/mol. The van der Waals surface area contributed by atoms with Gasteiger partial charge in [-0.1, -0.05) is 18.2 Å². The number of carbonyl (C=O) groups excluding carboxylic acids is 1. The highest BCUT2D eigenvalue weighted by molar-refractivity contribution is 6.05. The molecule has 7 heteroatoms. The summed E-state index contributed by atoms with van der Waals surface area (Å²) in [5.41, 5.74) is 1.74. The third kappa shape index (κ3) is 2.42. The summed E-state index contributed by atoms with van der Waals surface area (Å²) in [4.78, 5) is 19.9. The zero-order chi connectivity index (χ0) is 15.6. The van der Waals surface area contributed by atoms with Crippen molar-refractivity contribution in [2.24, 2.45) is 0 Å². The number of rotatable bonds is 2. The third-order valence-corrected chi connectivity index (χ3v) is 3.54. The van der Waals surface area contributed by atoms with Gasteiger partial charge in [0, 0.05) is 6.20 Å². The molecule has 114 valence electrons. The molecule has 0 bridgehead atoms. The summed E-state index contributed by atoms with van der Waals surface area (Å²) >= 11 is 0. The van der Waals surface area contributed by atoms with Crippen molar-refractivity contribution in [3.63, 3.8) is 0 Å². The van der Waals surface area contributed by atoms with Crippen LogP contribution in [0.15, 0.2) is 54.9 Å². The number of aromatic nitrogens is 4. The second-order valence-electron chi connectivity index (χ2n) is 4.99. The first kappa shape index (κ1) is 13.4. The lowest BCUT2D eigenvalue weighted by Crippen LogP contribution is -2.38. The number of fused-ring (bicyclic) bond motifs is 1. The largest absolute Gasteiger partial charge is 0.474 e. The first-order valence-electron chi connectivity index (χ1n) is 7.20. The zero-order valence-electron chi connectivity index (χ0n) is 12.2.